The molecule has 7 nitrogen and oxygen atoms in total. The Morgan fingerprint density at radius 1 is 1.43 bits per heavy atom. The first-order valence-electron chi connectivity index (χ1n) is 7.51. The molecule has 1 aromatic carbocycles. The van der Waals surface area contributed by atoms with Crippen LogP contribution in [0.5, 0.6) is 5.75 Å². The van der Waals surface area contributed by atoms with Crippen molar-refractivity contribution in [3.63, 3.8) is 0 Å². The van der Waals surface area contributed by atoms with E-state index in [1.165, 1.54) is 6.20 Å². The molecule has 0 saturated heterocycles. The predicted octanol–water partition coefficient (Wildman–Crippen LogP) is 1.28. The summed E-state index contributed by atoms with van der Waals surface area (Å²) in [6.45, 7) is 3.86. The van der Waals surface area contributed by atoms with Crippen LogP contribution in [0, 0.1) is 0 Å². The highest BCUT2D eigenvalue weighted by Crippen LogP contribution is 2.37. The minimum Gasteiger partial charge on any atom is -0.487 e. The second kappa shape index (κ2) is 5.92. The summed E-state index contributed by atoms with van der Waals surface area (Å²) in [7, 11) is 1.87. The molecule has 7 heteroatoms. The van der Waals surface area contributed by atoms with Crippen LogP contribution in [-0.4, -0.2) is 42.4 Å². The highest BCUT2D eigenvalue weighted by molar-refractivity contribution is 5.96. The van der Waals surface area contributed by atoms with E-state index in [-0.39, 0.29) is 11.6 Å². The first kappa shape index (κ1) is 15.4. The van der Waals surface area contributed by atoms with E-state index in [1.54, 1.807) is 12.1 Å². The Labute approximate surface area is 132 Å². The maximum absolute atomic E-state index is 12.4. The molecule has 0 fully saturated rings. The fourth-order valence-corrected chi connectivity index (χ4v) is 2.81. The fraction of sp³-hybridized carbons (Fsp3) is 0.375. The quantitative estimate of drug-likeness (QED) is 0.720. The molecular formula is C16H19N3O4. The minimum atomic E-state index is -1.21. The fourth-order valence-electron chi connectivity index (χ4n) is 2.81. The number of benzene rings is 1. The molecule has 1 aliphatic rings. The van der Waals surface area contributed by atoms with Crippen molar-refractivity contribution in [3.8, 4) is 5.75 Å². The predicted molar refractivity (Wildman–Crippen MR) is 87.8 cm³/mol. The molecule has 0 aliphatic carbocycles. The number of carboxylic acids is 1. The monoisotopic (exact) mass is 317 g/mol. The lowest BCUT2D eigenvalue weighted by molar-refractivity contribution is 0.0694. The molecule has 3 rings (SSSR count). The van der Waals surface area contributed by atoms with Gasteiger partial charge in [0.15, 0.2) is 5.75 Å². The number of aromatic nitrogens is 1. The number of ether oxygens (including phenoxy) is 1. The van der Waals surface area contributed by atoms with E-state index in [4.69, 9.17) is 4.74 Å². The van der Waals surface area contributed by atoms with Gasteiger partial charge in [0.1, 0.15) is 12.2 Å². The van der Waals surface area contributed by atoms with E-state index in [0.29, 0.717) is 29.8 Å². The van der Waals surface area contributed by atoms with Crippen LogP contribution in [0.1, 0.15) is 23.3 Å². The van der Waals surface area contributed by atoms with E-state index < -0.39 is 11.4 Å². The van der Waals surface area contributed by atoms with E-state index >= 15 is 0 Å². The molecule has 1 unspecified atom stereocenters. The molecule has 1 atom stereocenters. The number of aromatic carboxylic acids is 1. The summed E-state index contributed by atoms with van der Waals surface area (Å²) in [6.07, 6.45) is 1.42. The number of nitrogens with one attached hydrogen (secondary N) is 2. The van der Waals surface area contributed by atoms with Gasteiger partial charge in [0, 0.05) is 19.3 Å². The van der Waals surface area contributed by atoms with Crippen molar-refractivity contribution >= 4 is 22.6 Å². The molecule has 0 spiro atoms. The Morgan fingerprint density at radius 2 is 2.22 bits per heavy atom. The van der Waals surface area contributed by atoms with Crippen LogP contribution in [-0.2, 0) is 0 Å². The number of hydrogen-bond donors (Lipinski definition) is 3. The van der Waals surface area contributed by atoms with Gasteiger partial charge in [0.25, 0.3) is 0 Å². The van der Waals surface area contributed by atoms with Gasteiger partial charge in [0.05, 0.1) is 22.6 Å². The van der Waals surface area contributed by atoms with Crippen molar-refractivity contribution in [2.45, 2.75) is 13.0 Å². The van der Waals surface area contributed by atoms with Crippen LogP contribution < -0.4 is 20.8 Å². The Bertz CT molecular complexity index is 828. The number of nitrogens with zero attached hydrogens (tertiary/aromatic N) is 1. The van der Waals surface area contributed by atoms with Crippen molar-refractivity contribution in [1.29, 1.82) is 0 Å². The van der Waals surface area contributed by atoms with Crippen LogP contribution in [0.15, 0.2) is 23.1 Å². The molecule has 3 N–H and O–H groups in total. The average molecular weight is 317 g/mol. The van der Waals surface area contributed by atoms with Crippen molar-refractivity contribution in [2.75, 3.05) is 32.1 Å². The first-order valence-corrected chi connectivity index (χ1v) is 7.51. The van der Waals surface area contributed by atoms with Gasteiger partial charge < -0.3 is 25.0 Å². The van der Waals surface area contributed by atoms with Crippen molar-refractivity contribution in [1.82, 2.24) is 9.88 Å². The Balaban J connectivity index is 2.23. The molecule has 0 radical (unpaired) electrons. The molecule has 0 saturated carbocycles. The second-order valence-electron chi connectivity index (χ2n) is 5.61. The number of hydrogen-bond acceptors (Lipinski definition) is 5. The van der Waals surface area contributed by atoms with Gasteiger partial charge in [-0.05, 0) is 26.1 Å². The van der Waals surface area contributed by atoms with Gasteiger partial charge in [0.2, 0.25) is 5.43 Å². The highest BCUT2D eigenvalue weighted by atomic mass is 16.5. The lowest BCUT2D eigenvalue weighted by atomic mass is 10.1. The molecule has 0 bridgehead atoms. The van der Waals surface area contributed by atoms with Gasteiger partial charge in [-0.2, -0.15) is 0 Å². The maximum Gasteiger partial charge on any atom is 0.341 e. The van der Waals surface area contributed by atoms with Gasteiger partial charge in [-0.1, -0.05) is 0 Å². The summed E-state index contributed by atoms with van der Waals surface area (Å²) in [5.74, 6) is -0.608. The number of rotatable bonds is 5. The van der Waals surface area contributed by atoms with E-state index in [9.17, 15) is 14.7 Å². The van der Waals surface area contributed by atoms with Crippen molar-refractivity contribution in [3.05, 3.63) is 34.1 Å². The normalized spacial score (nSPS) is 16.2. The van der Waals surface area contributed by atoms with Gasteiger partial charge in [-0.3, -0.25) is 4.79 Å². The van der Waals surface area contributed by atoms with Crippen LogP contribution in [0.3, 0.4) is 0 Å². The standard InChI is InChI=1S/C16H19N3O4/c1-9-8-23-15-12(18-6-5-17-2)4-3-10-13(15)19(9)7-11(14(10)20)16(21)22/h3-4,7,9,17-18H,5-6,8H2,1-2H3,(H,21,22). The van der Waals surface area contributed by atoms with Crippen molar-refractivity contribution in [2.24, 2.45) is 0 Å². The average Bonchev–Trinajstić information content (AvgIpc) is 2.53. The molecular weight excluding hydrogens is 298 g/mol. The highest BCUT2D eigenvalue weighted by Gasteiger charge is 2.25. The zero-order valence-corrected chi connectivity index (χ0v) is 13.0. The minimum absolute atomic E-state index is 0.0451. The third kappa shape index (κ3) is 2.53. The van der Waals surface area contributed by atoms with E-state index in [1.807, 2.05) is 18.5 Å². The number of anilines is 1. The lowest BCUT2D eigenvalue weighted by Crippen LogP contribution is -2.27. The Kier molecular flexibility index (Phi) is 3.96. The molecule has 1 aromatic heterocycles. The van der Waals surface area contributed by atoms with Gasteiger partial charge in [-0.25, -0.2) is 4.79 Å². The number of likely N-dealkylation sites (N-methyl/N-ethyl adjacent to an activating group) is 1. The summed E-state index contributed by atoms with van der Waals surface area (Å²) in [5.41, 5.74) is 0.752. The van der Waals surface area contributed by atoms with Crippen LogP contribution in [0.25, 0.3) is 10.9 Å². The van der Waals surface area contributed by atoms with E-state index in [2.05, 4.69) is 10.6 Å². The van der Waals surface area contributed by atoms with Gasteiger partial charge >= 0.3 is 5.97 Å². The molecule has 2 heterocycles. The van der Waals surface area contributed by atoms with Crippen molar-refractivity contribution < 1.29 is 14.6 Å². The SMILES string of the molecule is CNCCNc1ccc2c(=O)c(C(=O)O)cn3c2c1OCC3C. The summed E-state index contributed by atoms with van der Waals surface area (Å²) in [4.78, 5) is 23.7. The smallest absolute Gasteiger partial charge is 0.341 e. The molecule has 122 valence electrons. The Hall–Kier alpha value is -2.54. The third-order valence-corrected chi connectivity index (χ3v) is 4.01. The summed E-state index contributed by atoms with van der Waals surface area (Å²) in [6, 6.07) is 3.38. The molecule has 0 amide bonds. The van der Waals surface area contributed by atoms with Crippen LogP contribution in [0.2, 0.25) is 0 Å². The largest absolute Gasteiger partial charge is 0.487 e. The Morgan fingerprint density at radius 3 is 2.91 bits per heavy atom. The zero-order chi connectivity index (χ0) is 16.6. The maximum atomic E-state index is 12.4. The second-order valence-corrected chi connectivity index (χ2v) is 5.61. The number of pyridine rings is 1. The molecule has 23 heavy (non-hydrogen) atoms. The topological polar surface area (TPSA) is 92.6 Å². The van der Waals surface area contributed by atoms with E-state index in [0.717, 1.165) is 12.2 Å². The van der Waals surface area contributed by atoms with Crippen LogP contribution >= 0.6 is 0 Å². The molecule has 1 aliphatic heterocycles. The zero-order valence-electron chi connectivity index (χ0n) is 13.0. The first-order chi connectivity index (χ1) is 11.0. The lowest BCUT2D eigenvalue weighted by Gasteiger charge is -2.28. The third-order valence-electron chi connectivity index (χ3n) is 4.01. The van der Waals surface area contributed by atoms with Gasteiger partial charge in [-0.15, -0.1) is 0 Å². The van der Waals surface area contributed by atoms with Crippen LogP contribution in [0.4, 0.5) is 5.69 Å². The number of carbonyl (C=O) groups is 1. The summed E-state index contributed by atoms with van der Waals surface area (Å²) >= 11 is 0. The number of carboxylic acid groups (broad SMARTS) is 1. The summed E-state index contributed by atoms with van der Waals surface area (Å²) < 4.78 is 7.66. The molecule has 2 aromatic rings. The summed E-state index contributed by atoms with van der Waals surface area (Å²) in [5, 5.41) is 15.9.